The van der Waals surface area contributed by atoms with Crippen molar-refractivity contribution in [1.82, 2.24) is 0 Å². The molecule has 132 valence electrons. The molecule has 0 nitrogen and oxygen atoms in total. The quantitative estimate of drug-likeness (QED) is 0.267. The lowest BCUT2D eigenvalue weighted by Crippen LogP contribution is -1.83. The van der Waals surface area contributed by atoms with Crippen LogP contribution in [0.15, 0.2) is 97.1 Å². The van der Waals surface area contributed by atoms with E-state index in [9.17, 15) is 0 Å². The van der Waals surface area contributed by atoms with Crippen LogP contribution in [-0.4, -0.2) is 0 Å². The molecule has 0 spiro atoms. The van der Waals surface area contributed by atoms with Crippen LogP contribution >= 0.6 is 0 Å². The summed E-state index contributed by atoms with van der Waals surface area (Å²) in [5.74, 6) is 0. The molecule has 0 heterocycles. The van der Waals surface area contributed by atoms with Crippen molar-refractivity contribution in [3.63, 3.8) is 0 Å². The molecule has 0 aromatic heterocycles. The lowest BCUT2D eigenvalue weighted by Gasteiger charge is -2.07. The Kier molecular flexibility index (Phi) is 4.23. The molecule has 28 heavy (non-hydrogen) atoms. The highest BCUT2D eigenvalue weighted by Crippen LogP contribution is 2.26. The Hall–Kier alpha value is -3.64. The molecule has 0 atom stereocenters. The SMILES string of the molecule is C1=Cc2cccc(c2)-c2cccc(c2)C=Cc2cccc(c2)-c2cccc1c2. The van der Waals surface area contributed by atoms with Gasteiger partial charge < -0.3 is 0 Å². The van der Waals surface area contributed by atoms with E-state index in [4.69, 9.17) is 0 Å². The number of fused-ring (bicyclic) bond motifs is 10. The average molecular weight is 356 g/mol. The molecule has 1 aliphatic carbocycles. The topological polar surface area (TPSA) is 0 Å². The van der Waals surface area contributed by atoms with Gasteiger partial charge in [-0.25, -0.2) is 0 Å². The van der Waals surface area contributed by atoms with Gasteiger partial charge in [0.15, 0.2) is 0 Å². The van der Waals surface area contributed by atoms with E-state index in [1.165, 1.54) is 44.5 Å². The third kappa shape index (κ3) is 3.45. The van der Waals surface area contributed by atoms with Gasteiger partial charge in [0.2, 0.25) is 0 Å². The Morgan fingerprint density at radius 1 is 0.286 bits per heavy atom. The van der Waals surface area contributed by atoms with Gasteiger partial charge in [-0.3, -0.25) is 0 Å². The Bertz CT molecular complexity index is 1020. The molecule has 0 unspecified atom stereocenters. The van der Waals surface area contributed by atoms with Gasteiger partial charge in [0.05, 0.1) is 0 Å². The van der Waals surface area contributed by atoms with Crippen molar-refractivity contribution in [1.29, 1.82) is 0 Å². The minimum absolute atomic E-state index is 1.21. The highest BCUT2D eigenvalue weighted by molar-refractivity contribution is 5.79. The number of hydrogen-bond donors (Lipinski definition) is 0. The molecular weight excluding hydrogens is 336 g/mol. The highest BCUT2D eigenvalue weighted by atomic mass is 14.1. The maximum absolute atomic E-state index is 2.25. The summed E-state index contributed by atoms with van der Waals surface area (Å²) in [6, 6.07) is 34.8. The fraction of sp³-hybridized carbons (Fsp3) is 0. The van der Waals surface area contributed by atoms with Crippen LogP contribution in [0.5, 0.6) is 0 Å². The predicted molar refractivity (Wildman–Crippen MR) is 122 cm³/mol. The van der Waals surface area contributed by atoms with Crippen molar-refractivity contribution < 1.29 is 0 Å². The number of hydrogen-bond acceptors (Lipinski definition) is 0. The first-order valence-corrected chi connectivity index (χ1v) is 9.61. The fourth-order valence-corrected chi connectivity index (χ4v) is 3.67. The summed E-state index contributed by atoms with van der Waals surface area (Å²) in [7, 11) is 0. The molecule has 0 radical (unpaired) electrons. The highest BCUT2D eigenvalue weighted by Gasteiger charge is 2.02. The van der Waals surface area contributed by atoms with Crippen molar-refractivity contribution >= 4 is 24.3 Å². The summed E-state index contributed by atoms with van der Waals surface area (Å²) < 4.78 is 0. The Morgan fingerprint density at radius 2 is 0.536 bits per heavy atom. The van der Waals surface area contributed by atoms with Gasteiger partial charge in [-0.15, -0.1) is 0 Å². The van der Waals surface area contributed by atoms with Crippen LogP contribution in [0, 0.1) is 0 Å². The Balaban J connectivity index is 1.71. The predicted octanol–water partition coefficient (Wildman–Crippen LogP) is 7.67. The molecule has 0 saturated heterocycles. The first-order valence-electron chi connectivity index (χ1n) is 9.61. The van der Waals surface area contributed by atoms with Crippen LogP contribution < -0.4 is 0 Å². The monoisotopic (exact) mass is 356 g/mol. The largest absolute Gasteiger partial charge is 0.0611 e. The molecule has 0 fully saturated rings. The minimum Gasteiger partial charge on any atom is -0.0611 e. The Labute approximate surface area is 166 Å². The summed E-state index contributed by atoms with van der Waals surface area (Å²) in [4.78, 5) is 0. The van der Waals surface area contributed by atoms with Gasteiger partial charge in [-0.05, 0) is 68.8 Å². The average Bonchev–Trinajstić information content (AvgIpc) is 2.77. The smallest absolute Gasteiger partial charge is 0.0178 e. The zero-order valence-electron chi connectivity index (χ0n) is 15.5. The summed E-state index contributed by atoms with van der Waals surface area (Å²) in [6.45, 7) is 0. The van der Waals surface area contributed by atoms with Gasteiger partial charge in [0.1, 0.15) is 0 Å². The van der Waals surface area contributed by atoms with Gasteiger partial charge in [-0.1, -0.05) is 97.1 Å². The first-order chi connectivity index (χ1) is 13.8. The second-order valence-corrected chi connectivity index (χ2v) is 7.17. The van der Waals surface area contributed by atoms with Crippen molar-refractivity contribution in [3.05, 3.63) is 119 Å². The van der Waals surface area contributed by atoms with Crippen LogP contribution in [0.25, 0.3) is 46.6 Å². The minimum atomic E-state index is 1.21. The van der Waals surface area contributed by atoms with Gasteiger partial charge in [-0.2, -0.15) is 0 Å². The molecule has 0 amide bonds. The summed E-state index contributed by atoms with van der Waals surface area (Å²) in [5.41, 5.74) is 9.77. The van der Waals surface area contributed by atoms with E-state index in [2.05, 4.69) is 121 Å². The molecular formula is C28H20. The van der Waals surface area contributed by atoms with Crippen molar-refractivity contribution in [2.45, 2.75) is 0 Å². The Morgan fingerprint density at radius 3 is 0.786 bits per heavy atom. The molecule has 0 N–H and O–H groups in total. The number of rotatable bonds is 0. The van der Waals surface area contributed by atoms with E-state index < -0.39 is 0 Å². The van der Waals surface area contributed by atoms with E-state index in [1.54, 1.807) is 0 Å². The van der Waals surface area contributed by atoms with Crippen molar-refractivity contribution in [2.75, 3.05) is 0 Å². The first kappa shape index (κ1) is 16.5. The molecule has 1 aliphatic rings. The lowest BCUT2D eigenvalue weighted by molar-refractivity contribution is 1.57. The van der Waals surface area contributed by atoms with Crippen LogP contribution in [0.2, 0.25) is 0 Å². The molecule has 0 heteroatoms. The van der Waals surface area contributed by atoms with Crippen molar-refractivity contribution in [3.8, 4) is 22.3 Å². The third-order valence-corrected chi connectivity index (χ3v) is 5.15. The van der Waals surface area contributed by atoms with Crippen LogP contribution in [0.1, 0.15) is 22.3 Å². The second kappa shape index (κ2) is 7.17. The molecule has 4 aromatic carbocycles. The summed E-state index contributed by atoms with van der Waals surface area (Å²) >= 11 is 0. The maximum Gasteiger partial charge on any atom is -0.0178 e. The number of benzene rings is 4. The van der Waals surface area contributed by atoms with Crippen LogP contribution in [-0.2, 0) is 0 Å². The normalized spacial score (nSPS) is 12.0. The third-order valence-electron chi connectivity index (χ3n) is 5.15. The molecule has 8 bridgehead atoms. The van der Waals surface area contributed by atoms with Crippen LogP contribution in [0.3, 0.4) is 0 Å². The van der Waals surface area contributed by atoms with E-state index >= 15 is 0 Å². The standard InChI is InChI=1S/C28H20/c1-5-21-13-14-22-7-3-11-27(19-22)28-12-4-8-24(20-28)16-15-23-6-2-10-26(18-23)25(9-1)17-21/h1-20H. The van der Waals surface area contributed by atoms with E-state index in [1.807, 2.05) is 0 Å². The van der Waals surface area contributed by atoms with Crippen LogP contribution in [0.4, 0.5) is 0 Å². The van der Waals surface area contributed by atoms with E-state index in [0.717, 1.165) is 0 Å². The van der Waals surface area contributed by atoms with Gasteiger partial charge in [0.25, 0.3) is 0 Å². The zero-order valence-corrected chi connectivity index (χ0v) is 15.5. The summed E-state index contributed by atoms with van der Waals surface area (Å²) in [6.07, 6.45) is 8.76. The molecule has 0 aliphatic heterocycles. The fourth-order valence-electron chi connectivity index (χ4n) is 3.67. The van der Waals surface area contributed by atoms with Gasteiger partial charge in [0, 0.05) is 0 Å². The summed E-state index contributed by atoms with van der Waals surface area (Å²) in [5, 5.41) is 0. The molecule has 5 rings (SSSR count). The van der Waals surface area contributed by atoms with E-state index in [-0.39, 0.29) is 0 Å². The molecule has 0 saturated carbocycles. The van der Waals surface area contributed by atoms with E-state index in [0.29, 0.717) is 0 Å². The zero-order chi connectivity index (χ0) is 18.8. The lowest BCUT2D eigenvalue weighted by atomic mass is 9.98. The maximum atomic E-state index is 2.25. The van der Waals surface area contributed by atoms with Gasteiger partial charge >= 0.3 is 0 Å². The second-order valence-electron chi connectivity index (χ2n) is 7.17. The van der Waals surface area contributed by atoms with Crippen molar-refractivity contribution in [2.24, 2.45) is 0 Å². The molecule has 4 aromatic rings.